The van der Waals surface area contributed by atoms with Gasteiger partial charge < -0.3 is 10.1 Å². The van der Waals surface area contributed by atoms with E-state index in [-0.39, 0.29) is 0 Å². The van der Waals surface area contributed by atoms with Crippen LogP contribution in [-0.4, -0.2) is 26.0 Å². The van der Waals surface area contributed by atoms with Crippen molar-refractivity contribution in [2.24, 2.45) is 0 Å². The molecule has 1 N–H and O–H groups in total. The number of benzene rings is 1. The fraction of sp³-hybridized carbons (Fsp3) is 0.500. The van der Waals surface area contributed by atoms with Gasteiger partial charge in [0.15, 0.2) is 0 Å². The van der Waals surface area contributed by atoms with Crippen molar-refractivity contribution in [1.82, 2.24) is 5.32 Å². The molecular formula is C12H19NOS. The molecule has 0 heterocycles. The molecule has 0 radical (unpaired) electrons. The van der Waals surface area contributed by atoms with Crippen LogP contribution in [0.25, 0.3) is 0 Å². The summed E-state index contributed by atoms with van der Waals surface area (Å²) >= 11 is 1.84. The summed E-state index contributed by atoms with van der Waals surface area (Å²) in [6, 6.07) is 8.72. The molecule has 0 aliphatic carbocycles. The van der Waals surface area contributed by atoms with Gasteiger partial charge in [0.2, 0.25) is 0 Å². The van der Waals surface area contributed by atoms with Gasteiger partial charge in [-0.2, -0.15) is 0 Å². The molecular weight excluding hydrogens is 206 g/mol. The molecule has 1 rings (SSSR count). The highest BCUT2D eigenvalue weighted by atomic mass is 32.2. The Morgan fingerprint density at radius 3 is 2.73 bits per heavy atom. The quantitative estimate of drug-likeness (QED) is 0.752. The number of ether oxygens (including phenoxy) is 1. The number of hydrogen-bond acceptors (Lipinski definition) is 3. The second kappa shape index (κ2) is 6.75. The summed E-state index contributed by atoms with van der Waals surface area (Å²) < 4.78 is 5.30. The Bertz CT molecular complexity index is 287. The third-order valence-electron chi connectivity index (χ3n) is 2.41. The minimum absolute atomic E-state index is 0.569. The van der Waals surface area contributed by atoms with E-state index in [1.807, 2.05) is 37.0 Å². The molecule has 0 aromatic heterocycles. The Hall–Kier alpha value is -0.670. The van der Waals surface area contributed by atoms with Crippen molar-refractivity contribution >= 4 is 11.8 Å². The lowest BCUT2D eigenvalue weighted by Gasteiger charge is -2.14. The zero-order chi connectivity index (χ0) is 11.1. The Morgan fingerprint density at radius 1 is 1.40 bits per heavy atom. The molecule has 15 heavy (non-hydrogen) atoms. The summed E-state index contributed by atoms with van der Waals surface area (Å²) in [5.74, 6) is 2.04. The molecule has 1 unspecified atom stereocenters. The van der Waals surface area contributed by atoms with Gasteiger partial charge in [0.05, 0.1) is 7.11 Å². The van der Waals surface area contributed by atoms with Gasteiger partial charge in [-0.15, -0.1) is 11.8 Å². The van der Waals surface area contributed by atoms with Gasteiger partial charge in [-0.1, -0.05) is 19.1 Å². The summed E-state index contributed by atoms with van der Waals surface area (Å²) in [5, 5.41) is 3.30. The minimum Gasteiger partial charge on any atom is -0.496 e. The van der Waals surface area contributed by atoms with E-state index in [4.69, 9.17) is 4.74 Å². The Labute approximate surface area is 96.4 Å². The summed E-state index contributed by atoms with van der Waals surface area (Å²) in [7, 11) is 3.73. The van der Waals surface area contributed by atoms with Crippen LogP contribution in [0, 0.1) is 0 Å². The maximum Gasteiger partial charge on any atom is 0.132 e. The second-order valence-corrected chi connectivity index (χ2v) is 4.42. The van der Waals surface area contributed by atoms with Crippen LogP contribution in [0.4, 0.5) is 0 Å². The third kappa shape index (κ3) is 3.76. The predicted molar refractivity (Wildman–Crippen MR) is 66.9 cm³/mol. The van der Waals surface area contributed by atoms with E-state index < -0.39 is 0 Å². The highest BCUT2D eigenvalue weighted by molar-refractivity contribution is 7.99. The smallest absolute Gasteiger partial charge is 0.132 e. The van der Waals surface area contributed by atoms with Crippen LogP contribution in [0.15, 0.2) is 29.2 Å². The first-order valence-electron chi connectivity index (χ1n) is 5.24. The van der Waals surface area contributed by atoms with Crippen molar-refractivity contribution in [3.8, 4) is 5.75 Å². The minimum atomic E-state index is 0.569. The van der Waals surface area contributed by atoms with Crippen LogP contribution in [0.3, 0.4) is 0 Å². The molecule has 3 heteroatoms. The second-order valence-electron chi connectivity index (χ2n) is 3.36. The maximum absolute atomic E-state index is 5.30. The van der Waals surface area contributed by atoms with Crippen molar-refractivity contribution in [2.45, 2.75) is 24.3 Å². The molecule has 2 nitrogen and oxygen atoms in total. The number of nitrogens with one attached hydrogen (secondary N) is 1. The standard InChI is InChI=1S/C12H19NOS/c1-4-10(13-2)9-15-12-8-6-5-7-11(12)14-3/h5-8,10,13H,4,9H2,1-3H3. The van der Waals surface area contributed by atoms with E-state index >= 15 is 0 Å². The normalized spacial score (nSPS) is 12.5. The Morgan fingerprint density at radius 2 is 2.13 bits per heavy atom. The Kier molecular flexibility index (Phi) is 5.58. The van der Waals surface area contributed by atoms with Crippen LogP contribution < -0.4 is 10.1 Å². The average molecular weight is 225 g/mol. The van der Waals surface area contributed by atoms with Crippen LogP contribution >= 0.6 is 11.8 Å². The number of methoxy groups -OCH3 is 1. The molecule has 1 atom stereocenters. The number of hydrogen-bond donors (Lipinski definition) is 1. The van der Waals surface area contributed by atoms with E-state index in [9.17, 15) is 0 Å². The first kappa shape index (κ1) is 12.4. The van der Waals surface area contributed by atoms with Crippen molar-refractivity contribution in [2.75, 3.05) is 19.9 Å². The monoisotopic (exact) mass is 225 g/mol. The lowest BCUT2D eigenvalue weighted by molar-refractivity contribution is 0.405. The summed E-state index contributed by atoms with van der Waals surface area (Å²) in [6.07, 6.45) is 1.15. The SMILES string of the molecule is CCC(CSc1ccccc1OC)NC. The number of thioether (sulfide) groups is 1. The predicted octanol–water partition coefficient (Wildman–Crippen LogP) is 2.79. The van der Waals surface area contributed by atoms with E-state index in [2.05, 4.69) is 18.3 Å². The number of para-hydroxylation sites is 1. The van der Waals surface area contributed by atoms with Gasteiger partial charge in [-0.05, 0) is 25.6 Å². The van der Waals surface area contributed by atoms with Gasteiger partial charge in [0.25, 0.3) is 0 Å². The van der Waals surface area contributed by atoms with E-state index in [0.717, 1.165) is 17.9 Å². The molecule has 0 spiro atoms. The lowest BCUT2D eigenvalue weighted by atomic mass is 10.3. The molecule has 0 aliphatic heterocycles. The van der Waals surface area contributed by atoms with Crippen molar-refractivity contribution < 1.29 is 4.74 Å². The number of rotatable bonds is 6. The molecule has 0 saturated heterocycles. The van der Waals surface area contributed by atoms with Crippen LogP contribution in [0.5, 0.6) is 5.75 Å². The maximum atomic E-state index is 5.30. The van der Waals surface area contributed by atoms with Gasteiger partial charge in [0, 0.05) is 16.7 Å². The molecule has 84 valence electrons. The Balaban J connectivity index is 2.56. The van der Waals surface area contributed by atoms with Crippen molar-refractivity contribution in [3.05, 3.63) is 24.3 Å². The third-order valence-corrected chi connectivity index (χ3v) is 3.63. The summed E-state index contributed by atoms with van der Waals surface area (Å²) in [5.41, 5.74) is 0. The lowest BCUT2D eigenvalue weighted by Crippen LogP contribution is -2.26. The van der Waals surface area contributed by atoms with E-state index in [1.54, 1.807) is 7.11 Å². The van der Waals surface area contributed by atoms with Gasteiger partial charge in [-0.3, -0.25) is 0 Å². The zero-order valence-corrected chi connectivity index (χ0v) is 10.4. The highest BCUT2D eigenvalue weighted by Crippen LogP contribution is 2.29. The first-order valence-corrected chi connectivity index (χ1v) is 6.23. The first-order chi connectivity index (χ1) is 7.31. The molecule has 1 aromatic carbocycles. The van der Waals surface area contributed by atoms with Gasteiger partial charge in [0.1, 0.15) is 5.75 Å². The van der Waals surface area contributed by atoms with Crippen molar-refractivity contribution in [3.63, 3.8) is 0 Å². The zero-order valence-electron chi connectivity index (χ0n) is 9.62. The fourth-order valence-corrected chi connectivity index (χ4v) is 2.59. The highest BCUT2D eigenvalue weighted by Gasteiger charge is 2.06. The van der Waals surface area contributed by atoms with Crippen LogP contribution in [-0.2, 0) is 0 Å². The van der Waals surface area contributed by atoms with Crippen LogP contribution in [0.1, 0.15) is 13.3 Å². The molecule has 0 fully saturated rings. The van der Waals surface area contributed by atoms with E-state index in [0.29, 0.717) is 6.04 Å². The summed E-state index contributed by atoms with van der Waals surface area (Å²) in [4.78, 5) is 1.22. The topological polar surface area (TPSA) is 21.3 Å². The molecule has 0 aliphatic rings. The molecule has 0 saturated carbocycles. The van der Waals surface area contributed by atoms with E-state index in [1.165, 1.54) is 4.90 Å². The average Bonchev–Trinajstić information content (AvgIpc) is 2.31. The van der Waals surface area contributed by atoms with Gasteiger partial charge >= 0.3 is 0 Å². The largest absolute Gasteiger partial charge is 0.496 e. The molecule has 0 bridgehead atoms. The van der Waals surface area contributed by atoms with Crippen LogP contribution in [0.2, 0.25) is 0 Å². The van der Waals surface area contributed by atoms with Crippen molar-refractivity contribution in [1.29, 1.82) is 0 Å². The fourth-order valence-electron chi connectivity index (χ4n) is 1.33. The van der Waals surface area contributed by atoms with Gasteiger partial charge in [-0.25, -0.2) is 0 Å². The molecule has 1 aromatic rings. The summed E-state index contributed by atoms with van der Waals surface area (Å²) in [6.45, 7) is 2.20. The molecule has 0 amide bonds.